The molecule has 5 heteroatoms. The molecule has 1 saturated heterocycles. The first-order valence-corrected chi connectivity index (χ1v) is 8.10. The molecule has 0 aromatic heterocycles. The molecule has 0 saturated carbocycles. The Morgan fingerprint density at radius 2 is 2.00 bits per heavy atom. The fourth-order valence-electron chi connectivity index (χ4n) is 3.00. The number of carbonyl (C=O) groups excluding carboxylic acids is 2. The molecule has 1 atom stereocenters. The van der Waals surface area contributed by atoms with E-state index in [1.165, 1.54) is 0 Å². The van der Waals surface area contributed by atoms with E-state index in [1.54, 1.807) is 4.90 Å². The summed E-state index contributed by atoms with van der Waals surface area (Å²) in [5, 5.41) is 0. The molecular weight excluding hydrogens is 292 g/mol. The highest BCUT2D eigenvalue weighted by Crippen LogP contribution is 2.30. The van der Waals surface area contributed by atoms with Crippen molar-refractivity contribution in [1.82, 2.24) is 4.90 Å². The summed E-state index contributed by atoms with van der Waals surface area (Å²) in [7, 11) is 0. The van der Waals surface area contributed by atoms with Crippen molar-refractivity contribution in [2.45, 2.75) is 51.6 Å². The van der Waals surface area contributed by atoms with Gasteiger partial charge in [-0.15, -0.1) is 0 Å². The summed E-state index contributed by atoms with van der Waals surface area (Å²) in [6.07, 6.45) is 1.89. The average molecular weight is 318 g/mol. The number of hydrogen-bond acceptors (Lipinski definition) is 3. The molecule has 23 heavy (non-hydrogen) atoms. The smallest absolute Gasteiger partial charge is 0.410 e. The first-order chi connectivity index (χ1) is 10.8. The zero-order chi connectivity index (χ0) is 17.0. The molecule has 1 aliphatic rings. The van der Waals surface area contributed by atoms with Crippen LogP contribution in [-0.2, 0) is 16.0 Å². The van der Waals surface area contributed by atoms with Crippen LogP contribution in [0.4, 0.5) is 4.79 Å². The van der Waals surface area contributed by atoms with Crippen LogP contribution in [0.25, 0.3) is 0 Å². The van der Waals surface area contributed by atoms with Crippen LogP contribution in [0.5, 0.6) is 0 Å². The number of likely N-dealkylation sites (tertiary alicyclic amines) is 1. The minimum absolute atomic E-state index is 0.215. The fourth-order valence-corrected chi connectivity index (χ4v) is 3.00. The molecule has 1 aromatic rings. The van der Waals surface area contributed by atoms with Crippen molar-refractivity contribution in [3.8, 4) is 0 Å². The van der Waals surface area contributed by atoms with E-state index >= 15 is 0 Å². The van der Waals surface area contributed by atoms with Crippen molar-refractivity contribution >= 4 is 12.0 Å². The second-order valence-electron chi connectivity index (χ2n) is 7.11. The van der Waals surface area contributed by atoms with Crippen LogP contribution >= 0.6 is 0 Å². The summed E-state index contributed by atoms with van der Waals surface area (Å²) >= 11 is 0. The highest BCUT2D eigenvalue weighted by molar-refractivity contribution is 5.77. The van der Waals surface area contributed by atoms with Gasteiger partial charge >= 0.3 is 6.09 Å². The van der Waals surface area contributed by atoms with Gasteiger partial charge in [0.1, 0.15) is 5.60 Å². The Labute approximate surface area is 137 Å². The summed E-state index contributed by atoms with van der Waals surface area (Å²) in [6.45, 7) is 6.94. The number of nitrogens with two attached hydrogens (primary N) is 1. The van der Waals surface area contributed by atoms with Gasteiger partial charge in [0.15, 0.2) is 0 Å². The summed E-state index contributed by atoms with van der Waals surface area (Å²) in [4.78, 5) is 25.3. The number of rotatable bonds is 3. The van der Waals surface area contributed by atoms with Gasteiger partial charge in [-0.05, 0) is 44.7 Å². The van der Waals surface area contributed by atoms with Crippen LogP contribution in [0, 0.1) is 0 Å². The molecule has 1 unspecified atom stereocenters. The number of carbonyl (C=O) groups is 2. The minimum Gasteiger partial charge on any atom is -0.444 e. The molecule has 1 heterocycles. The van der Waals surface area contributed by atoms with Gasteiger partial charge in [-0.2, -0.15) is 0 Å². The van der Waals surface area contributed by atoms with E-state index in [1.807, 2.05) is 45.0 Å². The Morgan fingerprint density at radius 3 is 2.65 bits per heavy atom. The zero-order valence-electron chi connectivity index (χ0n) is 14.2. The molecule has 0 radical (unpaired) electrons. The highest BCUT2D eigenvalue weighted by Gasteiger charge is 2.29. The quantitative estimate of drug-likeness (QED) is 0.931. The molecule has 5 nitrogen and oxygen atoms in total. The number of primary amides is 1. The maximum absolute atomic E-state index is 12.3. The third kappa shape index (κ3) is 4.98. The van der Waals surface area contributed by atoms with Gasteiger partial charge in [0.2, 0.25) is 5.91 Å². The predicted octanol–water partition coefficient (Wildman–Crippen LogP) is 2.83. The highest BCUT2D eigenvalue weighted by atomic mass is 16.6. The Balaban J connectivity index is 2.12. The number of piperidine rings is 1. The van der Waals surface area contributed by atoms with Crippen molar-refractivity contribution in [3.63, 3.8) is 0 Å². The molecular formula is C18H26N2O3. The van der Waals surface area contributed by atoms with Crippen molar-refractivity contribution in [1.29, 1.82) is 0 Å². The topological polar surface area (TPSA) is 72.6 Å². The van der Waals surface area contributed by atoms with E-state index in [-0.39, 0.29) is 24.3 Å². The Bertz CT molecular complexity index is 578. The van der Waals surface area contributed by atoms with Crippen LogP contribution in [0.1, 0.15) is 50.7 Å². The van der Waals surface area contributed by atoms with E-state index < -0.39 is 5.60 Å². The second kappa shape index (κ2) is 7.02. The Kier molecular flexibility index (Phi) is 5.29. The number of amides is 2. The molecule has 0 bridgehead atoms. The summed E-state index contributed by atoms with van der Waals surface area (Å²) in [6, 6.07) is 7.84. The van der Waals surface area contributed by atoms with Gasteiger partial charge < -0.3 is 15.4 Å². The molecule has 1 fully saturated rings. The van der Waals surface area contributed by atoms with Crippen molar-refractivity contribution in [2.24, 2.45) is 5.73 Å². The Hall–Kier alpha value is -2.04. The third-order valence-corrected chi connectivity index (χ3v) is 3.93. The van der Waals surface area contributed by atoms with Gasteiger partial charge in [0.05, 0.1) is 6.42 Å². The van der Waals surface area contributed by atoms with Crippen LogP contribution in [0.2, 0.25) is 0 Å². The Morgan fingerprint density at radius 1 is 1.30 bits per heavy atom. The molecule has 126 valence electrons. The lowest BCUT2D eigenvalue weighted by Crippen LogP contribution is -2.42. The van der Waals surface area contributed by atoms with Gasteiger partial charge in [-0.25, -0.2) is 4.79 Å². The SMILES string of the molecule is CC(C)(C)OC(=O)N1CCCC(c2ccccc2CC(N)=O)C1. The van der Waals surface area contributed by atoms with Gasteiger partial charge in [0.25, 0.3) is 0 Å². The molecule has 2 amide bonds. The first-order valence-electron chi connectivity index (χ1n) is 8.10. The maximum atomic E-state index is 12.3. The van der Waals surface area contributed by atoms with Crippen molar-refractivity contribution in [2.75, 3.05) is 13.1 Å². The molecule has 0 spiro atoms. The van der Waals surface area contributed by atoms with E-state index in [2.05, 4.69) is 0 Å². The molecule has 2 rings (SSSR count). The maximum Gasteiger partial charge on any atom is 0.410 e. The molecule has 2 N–H and O–H groups in total. The van der Waals surface area contributed by atoms with Crippen molar-refractivity contribution in [3.05, 3.63) is 35.4 Å². The number of ether oxygens (including phenoxy) is 1. The normalized spacial score (nSPS) is 18.6. The monoisotopic (exact) mass is 318 g/mol. The van der Waals surface area contributed by atoms with E-state index in [0.717, 1.165) is 24.0 Å². The van der Waals surface area contributed by atoms with Crippen LogP contribution < -0.4 is 5.73 Å². The minimum atomic E-state index is -0.492. The first kappa shape index (κ1) is 17.3. The molecule has 0 aliphatic carbocycles. The standard InChI is InChI=1S/C18H26N2O3/c1-18(2,3)23-17(22)20-10-6-8-14(12-20)15-9-5-4-7-13(15)11-16(19)21/h4-5,7,9,14H,6,8,10-12H2,1-3H3,(H2,19,21). The molecule has 1 aliphatic heterocycles. The number of benzene rings is 1. The van der Waals surface area contributed by atoms with E-state index in [9.17, 15) is 9.59 Å². The van der Waals surface area contributed by atoms with Crippen molar-refractivity contribution < 1.29 is 14.3 Å². The van der Waals surface area contributed by atoms with Gasteiger partial charge in [-0.1, -0.05) is 24.3 Å². The third-order valence-electron chi connectivity index (χ3n) is 3.93. The van der Waals surface area contributed by atoms with E-state index in [4.69, 9.17) is 10.5 Å². The van der Waals surface area contributed by atoms with Gasteiger partial charge in [0, 0.05) is 19.0 Å². The summed E-state index contributed by atoms with van der Waals surface area (Å²) in [5.41, 5.74) is 6.92. The van der Waals surface area contributed by atoms with Gasteiger partial charge in [-0.3, -0.25) is 4.79 Å². The lowest BCUT2D eigenvalue weighted by atomic mass is 9.87. The molecule has 1 aromatic carbocycles. The second-order valence-corrected chi connectivity index (χ2v) is 7.11. The number of hydrogen-bond donors (Lipinski definition) is 1. The van der Waals surface area contributed by atoms with E-state index in [0.29, 0.717) is 13.1 Å². The fraction of sp³-hybridized carbons (Fsp3) is 0.556. The average Bonchev–Trinajstić information content (AvgIpc) is 2.45. The summed E-state index contributed by atoms with van der Waals surface area (Å²) < 4.78 is 5.47. The predicted molar refractivity (Wildman–Crippen MR) is 89.1 cm³/mol. The van der Waals surface area contributed by atoms with Crippen LogP contribution in [0.3, 0.4) is 0 Å². The lowest BCUT2D eigenvalue weighted by Gasteiger charge is -2.35. The van der Waals surface area contributed by atoms with Crippen LogP contribution in [0.15, 0.2) is 24.3 Å². The summed E-state index contributed by atoms with van der Waals surface area (Å²) in [5.74, 6) is -0.121. The number of nitrogens with zero attached hydrogens (tertiary/aromatic N) is 1. The lowest BCUT2D eigenvalue weighted by molar-refractivity contribution is -0.117. The zero-order valence-corrected chi connectivity index (χ0v) is 14.2. The van der Waals surface area contributed by atoms with Crippen LogP contribution in [-0.4, -0.2) is 35.6 Å². The largest absolute Gasteiger partial charge is 0.444 e.